The molecule has 0 aliphatic carbocycles. The molecule has 3 rings (SSSR count). The van der Waals surface area contributed by atoms with Crippen LogP contribution in [0.4, 0.5) is 4.39 Å². The average molecular weight is 247 g/mol. The minimum Gasteiger partial charge on any atom is -0.482 e. The fourth-order valence-electron chi connectivity index (χ4n) is 2.22. The van der Waals surface area contributed by atoms with Crippen LogP contribution in [0.1, 0.15) is 30.6 Å². The highest BCUT2D eigenvalue weighted by molar-refractivity contribution is 5.23. The number of hydrogen-bond donors (Lipinski definition) is 0. The average Bonchev–Trinajstić information content (AvgIpc) is 2.73. The summed E-state index contributed by atoms with van der Waals surface area (Å²) in [5.74, 6) is 2.03. The number of aromatic nitrogens is 3. The molecule has 1 atom stereocenters. The van der Waals surface area contributed by atoms with Crippen LogP contribution >= 0.6 is 0 Å². The van der Waals surface area contributed by atoms with E-state index in [1.165, 1.54) is 12.1 Å². The van der Waals surface area contributed by atoms with E-state index in [4.69, 9.17) is 4.74 Å². The molecule has 4 nitrogen and oxygen atoms in total. The third-order valence-corrected chi connectivity index (χ3v) is 3.02. The van der Waals surface area contributed by atoms with Gasteiger partial charge in [-0.3, -0.25) is 0 Å². The first kappa shape index (κ1) is 11.2. The van der Waals surface area contributed by atoms with Gasteiger partial charge in [-0.1, -0.05) is 0 Å². The smallest absolute Gasteiger partial charge is 0.168 e. The first-order chi connectivity index (χ1) is 8.72. The molecular weight excluding hydrogens is 233 g/mol. The zero-order chi connectivity index (χ0) is 12.5. The van der Waals surface area contributed by atoms with E-state index in [1.54, 1.807) is 12.1 Å². The van der Waals surface area contributed by atoms with Crippen molar-refractivity contribution in [1.82, 2.24) is 14.8 Å². The molecule has 18 heavy (non-hydrogen) atoms. The van der Waals surface area contributed by atoms with E-state index in [2.05, 4.69) is 10.1 Å². The van der Waals surface area contributed by atoms with Gasteiger partial charge in [0.25, 0.3) is 0 Å². The van der Waals surface area contributed by atoms with Gasteiger partial charge in [0, 0.05) is 6.54 Å². The number of nitrogens with zero attached hydrogens (tertiary/aromatic N) is 3. The number of fused-ring (bicyclic) bond motifs is 1. The van der Waals surface area contributed by atoms with Crippen LogP contribution in [-0.4, -0.2) is 14.8 Å². The third kappa shape index (κ3) is 2.08. The fraction of sp³-hybridized carbons (Fsp3) is 0.385. The minimum absolute atomic E-state index is 0.0922. The second-order valence-corrected chi connectivity index (χ2v) is 4.44. The molecule has 0 saturated heterocycles. The summed E-state index contributed by atoms with van der Waals surface area (Å²) < 4.78 is 20.6. The Morgan fingerprint density at radius 2 is 2.11 bits per heavy atom. The van der Waals surface area contributed by atoms with Crippen LogP contribution in [-0.2, 0) is 6.54 Å². The summed E-state index contributed by atoms with van der Waals surface area (Å²) in [5, 5.41) is 4.32. The van der Waals surface area contributed by atoms with Gasteiger partial charge in [0.2, 0.25) is 0 Å². The molecule has 0 unspecified atom stereocenters. The predicted molar refractivity (Wildman–Crippen MR) is 63.8 cm³/mol. The first-order valence-electron chi connectivity index (χ1n) is 6.06. The predicted octanol–water partition coefficient (Wildman–Crippen LogP) is 2.64. The van der Waals surface area contributed by atoms with Crippen molar-refractivity contribution in [2.24, 2.45) is 0 Å². The van der Waals surface area contributed by atoms with E-state index in [0.29, 0.717) is 5.75 Å². The van der Waals surface area contributed by atoms with E-state index in [9.17, 15) is 4.39 Å². The normalized spacial score (nSPS) is 18.4. The second kappa shape index (κ2) is 4.40. The summed E-state index contributed by atoms with van der Waals surface area (Å²) in [4.78, 5) is 4.40. The largest absolute Gasteiger partial charge is 0.482 e. The van der Waals surface area contributed by atoms with E-state index >= 15 is 0 Å². The molecular formula is C13H14FN3O. The number of rotatable bonds is 2. The topological polar surface area (TPSA) is 39.9 Å². The molecule has 5 heteroatoms. The van der Waals surface area contributed by atoms with Crippen molar-refractivity contribution >= 4 is 0 Å². The molecule has 0 spiro atoms. The molecule has 0 saturated carbocycles. The van der Waals surface area contributed by atoms with E-state index < -0.39 is 0 Å². The highest BCUT2D eigenvalue weighted by atomic mass is 19.1. The lowest BCUT2D eigenvalue weighted by atomic mass is 10.1. The van der Waals surface area contributed by atoms with Crippen LogP contribution in [0.25, 0.3) is 0 Å². The number of ether oxygens (including phenoxy) is 1. The van der Waals surface area contributed by atoms with E-state index in [-0.39, 0.29) is 11.9 Å². The molecule has 2 aromatic rings. The van der Waals surface area contributed by atoms with Crippen molar-refractivity contribution < 1.29 is 9.13 Å². The zero-order valence-electron chi connectivity index (χ0n) is 10.1. The summed E-state index contributed by atoms with van der Waals surface area (Å²) in [7, 11) is 0. The molecule has 0 bridgehead atoms. The van der Waals surface area contributed by atoms with Gasteiger partial charge >= 0.3 is 0 Å². The number of benzene rings is 1. The van der Waals surface area contributed by atoms with Crippen molar-refractivity contribution in [3.63, 3.8) is 0 Å². The van der Waals surface area contributed by atoms with Crippen LogP contribution in [0.3, 0.4) is 0 Å². The van der Waals surface area contributed by atoms with Gasteiger partial charge in [-0.05, 0) is 44.0 Å². The molecule has 0 amide bonds. The standard InChI is InChI=1S/C13H14FN3O/c1-9-15-13-12(3-2-8-17(13)16-9)18-11-6-4-10(14)5-7-11/h4-7,12H,2-3,8H2,1H3/t12-/m1/s1. The van der Waals surface area contributed by atoms with Crippen molar-refractivity contribution in [2.75, 3.05) is 0 Å². The molecule has 2 heterocycles. The first-order valence-corrected chi connectivity index (χ1v) is 6.06. The van der Waals surface area contributed by atoms with Gasteiger partial charge in [0.05, 0.1) is 0 Å². The molecule has 0 fully saturated rings. The van der Waals surface area contributed by atoms with Crippen LogP contribution < -0.4 is 4.74 Å². The maximum atomic E-state index is 12.8. The van der Waals surface area contributed by atoms with Gasteiger partial charge in [-0.2, -0.15) is 5.10 Å². The molecule has 1 aliphatic heterocycles. The number of hydrogen-bond acceptors (Lipinski definition) is 3. The van der Waals surface area contributed by atoms with Gasteiger partial charge in [0.15, 0.2) is 11.9 Å². The second-order valence-electron chi connectivity index (χ2n) is 4.44. The maximum absolute atomic E-state index is 12.8. The summed E-state index contributed by atoms with van der Waals surface area (Å²) >= 11 is 0. The summed E-state index contributed by atoms with van der Waals surface area (Å²) in [6, 6.07) is 6.07. The summed E-state index contributed by atoms with van der Waals surface area (Å²) in [5.41, 5.74) is 0. The maximum Gasteiger partial charge on any atom is 0.168 e. The summed E-state index contributed by atoms with van der Waals surface area (Å²) in [6.45, 7) is 2.76. The molecule has 94 valence electrons. The Kier molecular flexibility index (Phi) is 2.74. The van der Waals surface area contributed by atoms with Gasteiger partial charge < -0.3 is 4.74 Å². The Hall–Kier alpha value is -1.91. The molecule has 1 aromatic heterocycles. The lowest BCUT2D eigenvalue weighted by Gasteiger charge is -2.23. The molecule has 1 aromatic carbocycles. The van der Waals surface area contributed by atoms with Crippen molar-refractivity contribution in [3.8, 4) is 5.75 Å². The molecule has 0 radical (unpaired) electrons. The Labute approximate surface area is 104 Å². The molecule has 1 aliphatic rings. The Bertz CT molecular complexity index is 550. The Balaban J connectivity index is 1.83. The fourth-order valence-corrected chi connectivity index (χ4v) is 2.22. The summed E-state index contributed by atoms with van der Waals surface area (Å²) in [6.07, 6.45) is 1.84. The minimum atomic E-state index is -0.259. The SMILES string of the molecule is Cc1nc2n(n1)CCC[C@H]2Oc1ccc(F)cc1. The highest BCUT2D eigenvalue weighted by Gasteiger charge is 2.25. The zero-order valence-corrected chi connectivity index (χ0v) is 10.1. The lowest BCUT2D eigenvalue weighted by molar-refractivity contribution is 0.155. The van der Waals surface area contributed by atoms with Crippen molar-refractivity contribution in [2.45, 2.75) is 32.4 Å². The highest BCUT2D eigenvalue weighted by Crippen LogP contribution is 2.28. The van der Waals surface area contributed by atoms with E-state index in [0.717, 1.165) is 31.0 Å². The van der Waals surface area contributed by atoms with Crippen LogP contribution in [0.5, 0.6) is 5.75 Å². The number of aryl methyl sites for hydroxylation is 2. The van der Waals surface area contributed by atoms with Crippen LogP contribution in [0.2, 0.25) is 0 Å². The Morgan fingerprint density at radius 3 is 2.89 bits per heavy atom. The quantitative estimate of drug-likeness (QED) is 0.819. The van der Waals surface area contributed by atoms with Crippen molar-refractivity contribution in [3.05, 3.63) is 41.7 Å². The van der Waals surface area contributed by atoms with Gasteiger partial charge in [-0.25, -0.2) is 14.1 Å². The number of halogens is 1. The monoisotopic (exact) mass is 247 g/mol. The van der Waals surface area contributed by atoms with Crippen LogP contribution in [0.15, 0.2) is 24.3 Å². The van der Waals surface area contributed by atoms with Crippen LogP contribution in [0, 0.1) is 12.7 Å². The third-order valence-electron chi connectivity index (χ3n) is 3.02. The van der Waals surface area contributed by atoms with Gasteiger partial charge in [-0.15, -0.1) is 0 Å². The van der Waals surface area contributed by atoms with Gasteiger partial charge in [0.1, 0.15) is 17.4 Å². The van der Waals surface area contributed by atoms with Crippen molar-refractivity contribution in [1.29, 1.82) is 0 Å². The Morgan fingerprint density at radius 1 is 1.33 bits per heavy atom. The van der Waals surface area contributed by atoms with E-state index in [1.807, 2.05) is 11.6 Å². The molecule has 0 N–H and O–H groups in total. The lowest BCUT2D eigenvalue weighted by Crippen LogP contribution is -2.21.